The molecule has 7 heteroatoms. The highest BCUT2D eigenvalue weighted by atomic mass is 35.5. The van der Waals surface area contributed by atoms with Crippen molar-refractivity contribution in [2.75, 3.05) is 6.61 Å². The van der Waals surface area contributed by atoms with Crippen LogP contribution < -0.4 is 10.4 Å². The fourth-order valence-electron chi connectivity index (χ4n) is 3.30. The minimum absolute atomic E-state index is 0.0569. The van der Waals surface area contributed by atoms with E-state index in [-0.39, 0.29) is 36.0 Å². The van der Waals surface area contributed by atoms with E-state index in [1.54, 1.807) is 32.0 Å². The Morgan fingerprint density at radius 2 is 1.90 bits per heavy atom. The Balaban J connectivity index is 1.90. The Morgan fingerprint density at radius 3 is 2.60 bits per heavy atom. The van der Waals surface area contributed by atoms with Crippen LogP contribution in [0.1, 0.15) is 35.6 Å². The van der Waals surface area contributed by atoms with Crippen LogP contribution >= 0.6 is 11.6 Å². The molecule has 1 aromatic heterocycles. The van der Waals surface area contributed by atoms with Crippen molar-refractivity contribution < 1.29 is 23.1 Å². The summed E-state index contributed by atoms with van der Waals surface area (Å²) in [5, 5.41) is 1.03. The smallest absolute Gasteiger partial charge is 0.339 e. The maximum Gasteiger partial charge on any atom is 0.339 e. The average Bonchev–Trinajstić information content (AvgIpc) is 2.69. The number of halogens is 2. The van der Waals surface area contributed by atoms with Gasteiger partial charge in [-0.2, -0.15) is 0 Å². The van der Waals surface area contributed by atoms with Gasteiger partial charge in [0.1, 0.15) is 23.8 Å². The van der Waals surface area contributed by atoms with E-state index >= 15 is 0 Å². The second-order valence-corrected chi connectivity index (χ2v) is 7.26. The van der Waals surface area contributed by atoms with Crippen LogP contribution in [0, 0.1) is 19.7 Å². The molecule has 0 unspecified atom stereocenters. The molecular formula is C23H22ClFO5. The molecule has 0 saturated carbocycles. The summed E-state index contributed by atoms with van der Waals surface area (Å²) in [6, 6.07) is 7.97. The second kappa shape index (κ2) is 9.30. The Hall–Kier alpha value is -2.86. The maximum absolute atomic E-state index is 14.0. The summed E-state index contributed by atoms with van der Waals surface area (Å²) in [6.07, 6.45) is 0.348. The standard InChI is InChI=1S/C23H22ClFO5/c1-4-28-21(26)11-9-16-13(2)15-8-10-20(14(3)22(15)30-23(16)27)29-12-17-18(24)6-5-7-19(17)25/h5-8,10H,4,9,11-12H2,1-3H3. The first-order valence-corrected chi connectivity index (χ1v) is 9.98. The third kappa shape index (κ3) is 4.49. The molecule has 0 bridgehead atoms. The number of benzene rings is 2. The Morgan fingerprint density at radius 1 is 1.13 bits per heavy atom. The van der Waals surface area contributed by atoms with Crippen molar-refractivity contribution in [3.8, 4) is 5.75 Å². The monoisotopic (exact) mass is 432 g/mol. The summed E-state index contributed by atoms with van der Waals surface area (Å²) in [5.41, 5.74) is 1.97. The van der Waals surface area contributed by atoms with Gasteiger partial charge in [-0.3, -0.25) is 4.79 Å². The third-order valence-electron chi connectivity index (χ3n) is 4.97. The fourth-order valence-corrected chi connectivity index (χ4v) is 3.51. The molecule has 158 valence electrons. The maximum atomic E-state index is 14.0. The van der Waals surface area contributed by atoms with Gasteiger partial charge < -0.3 is 13.9 Å². The molecule has 0 aliphatic rings. The zero-order valence-corrected chi connectivity index (χ0v) is 17.8. The molecule has 0 aliphatic heterocycles. The number of hydrogen-bond donors (Lipinski definition) is 0. The number of carbonyl (C=O) groups is 1. The SMILES string of the molecule is CCOC(=O)CCc1c(C)c2ccc(OCc3c(F)cccc3Cl)c(C)c2oc1=O. The van der Waals surface area contributed by atoms with Crippen molar-refractivity contribution in [1.29, 1.82) is 0 Å². The summed E-state index contributed by atoms with van der Waals surface area (Å²) in [5.74, 6) is -0.346. The number of fused-ring (bicyclic) bond motifs is 1. The van der Waals surface area contributed by atoms with E-state index in [0.29, 0.717) is 29.1 Å². The first-order valence-electron chi connectivity index (χ1n) is 9.60. The lowest BCUT2D eigenvalue weighted by Crippen LogP contribution is -2.14. The lowest BCUT2D eigenvalue weighted by Gasteiger charge is -2.14. The van der Waals surface area contributed by atoms with Crippen LogP contribution in [0.15, 0.2) is 39.5 Å². The predicted octanol–water partition coefficient (Wildman–Crippen LogP) is 5.28. The topological polar surface area (TPSA) is 65.7 Å². The van der Waals surface area contributed by atoms with Crippen LogP contribution in [-0.4, -0.2) is 12.6 Å². The van der Waals surface area contributed by atoms with Gasteiger partial charge in [0.2, 0.25) is 0 Å². The number of carbonyl (C=O) groups excluding carboxylic acids is 1. The van der Waals surface area contributed by atoms with Gasteiger partial charge in [0, 0.05) is 28.5 Å². The largest absolute Gasteiger partial charge is 0.488 e. The third-order valence-corrected chi connectivity index (χ3v) is 5.33. The molecule has 3 aromatic rings. The average molecular weight is 433 g/mol. The van der Waals surface area contributed by atoms with E-state index in [9.17, 15) is 14.0 Å². The van der Waals surface area contributed by atoms with E-state index in [0.717, 1.165) is 10.9 Å². The van der Waals surface area contributed by atoms with E-state index < -0.39 is 11.4 Å². The van der Waals surface area contributed by atoms with Crippen molar-refractivity contribution in [2.24, 2.45) is 0 Å². The lowest BCUT2D eigenvalue weighted by atomic mass is 10.0. The highest BCUT2D eigenvalue weighted by Gasteiger charge is 2.17. The Labute approximate surface area is 178 Å². The summed E-state index contributed by atoms with van der Waals surface area (Å²) in [4.78, 5) is 24.2. The molecule has 0 radical (unpaired) electrons. The zero-order valence-electron chi connectivity index (χ0n) is 17.0. The molecule has 0 saturated heterocycles. The molecular weight excluding hydrogens is 411 g/mol. The first kappa shape index (κ1) is 21.8. The second-order valence-electron chi connectivity index (χ2n) is 6.85. The van der Waals surface area contributed by atoms with Gasteiger partial charge in [0.15, 0.2) is 0 Å². The molecule has 3 rings (SSSR count). The van der Waals surface area contributed by atoms with Gasteiger partial charge in [0.25, 0.3) is 0 Å². The zero-order chi connectivity index (χ0) is 21.8. The minimum Gasteiger partial charge on any atom is -0.488 e. The predicted molar refractivity (Wildman–Crippen MR) is 113 cm³/mol. The van der Waals surface area contributed by atoms with Gasteiger partial charge in [-0.15, -0.1) is 0 Å². The molecule has 0 atom stereocenters. The van der Waals surface area contributed by atoms with Crippen molar-refractivity contribution in [2.45, 2.75) is 40.2 Å². The number of esters is 1. The van der Waals surface area contributed by atoms with Crippen LogP contribution in [0.3, 0.4) is 0 Å². The van der Waals surface area contributed by atoms with E-state index in [4.69, 9.17) is 25.5 Å². The molecule has 0 N–H and O–H groups in total. The quantitative estimate of drug-likeness (QED) is 0.375. The van der Waals surface area contributed by atoms with Gasteiger partial charge in [-0.25, -0.2) is 9.18 Å². The highest BCUT2D eigenvalue weighted by Crippen LogP contribution is 2.31. The van der Waals surface area contributed by atoms with Crippen molar-refractivity contribution in [3.05, 3.63) is 73.8 Å². The molecule has 0 amide bonds. The molecule has 5 nitrogen and oxygen atoms in total. The minimum atomic E-state index is -0.498. The summed E-state index contributed by atoms with van der Waals surface area (Å²) < 4.78 is 30.2. The van der Waals surface area contributed by atoms with Crippen LogP contribution in [0.25, 0.3) is 11.0 Å². The van der Waals surface area contributed by atoms with Gasteiger partial charge in [-0.05, 0) is 57.0 Å². The molecule has 1 heterocycles. The van der Waals surface area contributed by atoms with Gasteiger partial charge in [-0.1, -0.05) is 17.7 Å². The normalized spacial score (nSPS) is 11.0. The molecule has 0 aliphatic carbocycles. The van der Waals surface area contributed by atoms with Gasteiger partial charge >= 0.3 is 11.6 Å². The lowest BCUT2D eigenvalue weighted by molar-refractivity contribution is -0.143. The summed E-state index contributed by atoms with van der Waals surface area (Å²) in [7, 11) is 0. The highest BCUT2D eigenvalue weighted by molar-refractivity contribution is 6.31. The van der Waals surface area contributed by atoms with Crippen molar-refractivity contribution in [1.82, 2.24) is 0 Å². The van der Waals surface area contributed by atoms with Crippen molar-refractivity contribution >= 4 is 28.5 Å². The molecule has 30 heavy (non-hydrogen) atoms. The summed E-state index contributed by atoms with van der Waals surface area (Å²) >= 11 is 6.05. The molecule has 0 spiro atoms. The van der Waals surface area contributed by atoms with Crippen molar-refractivity contribution in [3.63, 3.8) is 0 Å². The van der Waals surface area contributed by atoms with E-state index in [1.165, 1.54) is 12.1 Å². The molecule has 0 fully saturated rings. The summed E-state index contributed by atoms with van der Waals surface area (Å²) in [6.45, 7) is 5.55. The fraction of sp³-hybridized carbons (Fsp3) is 0.304. The van der Waals surface area contributed by atoms with Gasteiger partial charge in [0.05, 0.1) is 11.6 Å². The Kier molecular flexibility index (Phi) is 6.77. The van der Waals surface area contributed by atoms with E-state index in [2.05, 4.69) is 0 Å². The number of ether oxygens (including phenoxy) is 2. The van der Waals surface area contributed by atoms with Crippen LogP contribution in [0.4, 0.5) is 4.39 Å². The van der Waals surface area contributed by atoms with Crippen LogP contribution in [0.2, 0.25) is 5.02 Å². The number of aryl methyl sites for hydroxylation is 2. The van der Waals surface area contributed by atoms with Crippen LogP contribution in [0.5, 0.6) is 5.75 Å². The Bertz CT molecular complexity index is 1130. The van der Waals surface area contributed by atoms with E-state index in [1.807, 2.05) is 6.92 Å². The first-order chi connectivity index (χ1) is 14.3. The number of hydrogen-bond acceptors (Lipinski definition) is 5. The molecule has 2 aromatic carbocycles. The number of rotatable bonds is 7. The van der Waals surface area contributed by atoms with Crippen LogP contribution in [-0.2, 0) is 22.6 Å².